The lowest BCUT2D eigenvalue weighted by molar-refractivity contribution is -0.130. The molecule has 30 heavy (non-hydrogen) atoms. The lowest BCUT2D eigenvalue weighted by Gasteiger charge is -2.31. The first-order valence-electron chi connectivity index (χ1n) is 10.3. The minimum Gasteiger partial charge on any atom is -0.454 e. The van der Waals surface area contributed by atoms with Gasteiger partial charge in [-0.3, -0.25) is 4.79 Å². The molecule has 1 amide bonds. The van der Waals surface area contributed by atoms with E-state index in [0.717, 1.165) is 53.5 Å². The average molecular weight is 412 g/mol. The second-order valence-corrected chi connectivity index (χ2v) is 7.68. The van der Waals surface area contributed by atoms with Crippen LogP contribution in [-0.4, -0.2) is 59.7 Å². The molecule has 7 nitrogen and oxygen atoms in total. The lowest BCUT2D eigenvalue weighted by atomic mass is 10.1. The number of aryl methyl sites for hydroxylation is 1. The third kappa shape index (κ3) is 4.22. The molecule has 2 aliphatic rings. The Morgan fingerprint density at radius 3 is 2.93 bits per heavy atom. The molecule has 1 unspecified atom stereocenters. The van der Waals surface area contributed by atoms with Crippen LogP contribution in [0.1, 0.15) is 29.8 Å². The predicted molar refractivity (Wildman–Crippen MR) is 113 cm³/mol. The normalized spacial score (nSPS) is 18.4. The molecule has 0 spiro atoms. The van der Waals surface area contributed by atoms with Crippen molar-refractivity contribution in [3.05, 3.63) is 47.3 Å². The van der Waals surface area contributed by atoms with Crippen LogP contribution in [0.3, 0.4) is 0 Å². The van der Waals surface area contributed by atoms with Crippen LogP contribution in [0.2, 0.25) is 0 Å². The summed E-state index contributed by atoms with van der Waals surface area (Å²) < 4.78 is 18.7. The van der Waals surface area contributed by atoms with Gasteiger partial charge in [0.05, 0.1) is 19.3 Å². The van der Waals surface area contributed by atoms with E-state index in [1.54, 1.807) is 6.08 Å². The standard InChI is InChI=1S/C23H28N2O5/c1-16-12-18(5-8-23(27)24-9-3-4-20(14-24)28-11-10-26)17(2)25(16)19-6-7-21-22(13-19)30-15-29-21/h5-8,12-13,20,26H,3-4,9-11,14-15H2,1-2H3/b8-5+. The summed E-state index contributed by atoms with van der Waals surface area (Å²) in [5.41, 5.74) is 4.14. The van der Waals surface area contributed by atoms with Crippen molar-refractivity contribution < 1.29 is 24.1 Å². The number of aromatic nitrogens is 1. The monoisotopic (exact) mass is 412 g/mol. The number of rotatable bonds is 6. The molecule has 1 aromatic carbocycles. The number of hydrogen-bond acceptors (Lipinski definition) is 5. The maximum absolute atomic E-state index is 12.7. The van der Waals surface area contributed by atoms with Gasteiger partial charge in [-0.15, -0.1) is 0 Å². The van der Waals surface area contributed by atoms with Crippen molar-refractivity contribution in [1.82, 2.24) is 9.47 Å². The third-order valence-corrected chi connectivity index (χ3v) is 5.62. The zero-order valence-corrected chi connectivity index (χ0v) is 17.5. The molecule has 4 rings (SSSR count). The van der Waals surface area contributed by atoms with E-state index < -0.39 is 0 Å². The van der Waals surface area contributed by atoms with Gasteiger partial charge in [0.15, 0.2) is 11.5 Å². The Balaban J connectivity index is 1.48. The maximum Gasteiger partial charge on any atom is 0.246 e. The fourth-order valence-corrected chi connectivity index (χ4v) is 4.14. The molecule has 160 valence electrons. The molecule has 2 aromatic rings. The SMILES string of the molecule is Cc1cc(/C=C/C(=O)N2CCCC(OCCO)C2)c(C)n1-c1ccc2c(c1)OCO2. The minimum atomic E-state index is -0.0137. The van der Waals surface area contributed by atoms with Crippen molar-refractivity contribution >= 4 is 12.0 Å². The number of likely N-dealkylation sites (tertiary alicyclic amines) is 1. The molecule has 1 atom stereocenters. The summed E-state index contributed by atoms with van der Waals surface area (Å²) in [6.07, 6.45) is 5.35. The van der Waals surface area contributed by atoms with Crippen LogP contribution in [0.5, 0.6) is 11.5 Å². The van der Waals surface area contributed by atoms with E-state index in [-0.39, 0.29) is 25.4 Å². The van der Waals surface area contributed by atoms with E-state index in [2.05, 4.69) is 10.6 Å². The average Bonchev–Trinajstić information content (AvgIpc) is 3.33. The molecular formula is C23H28N2O5. The highest BCUT2D eigenvalue weighted by atomic mass is 16.7. The molecular weight excluding hydrogens is 384 g/mol. The molecule has 0 bridgehead atoms. The van der Waals surface area contributed by atoms with Gasteiger partial charge in [-0.1, -0.05) is 0 Å². The summed E-state index contributed by atoms with van der Waals surface area (Å²) in [4.78, 5) is 14.5. The molecule has 0 radical (unpaired) electrons. The number of amides is 1. The van der Waals surface area contributed by atoms with E-state index in [1.165, 1.54) is 0 Å². The van der Waals surface area contributed by atoms with Gasteiger partial charge in [0.2, 0.25) is 12.7 Å². The van der Waals surface area contributed by atoms with Gasteiger partial charge in [0, 0.05) is 42.3 Å². The number of carbonyl (C=O) groups is 1. The van der Waals surface area contributed by atoms with Gasteiger partial charge < -0.3 is 28.8 Å². The highest BCUT2D eigenvalue weighted by Crippen LogP contribution is 2.35. The van der Waals surface area contributed by atoms with E-state index in [1.807, 2.05) is 43.0 Å². The number of hydrogen-bond donors (Lipinski definition) is 1. The quantitative estimate of drug-likeness (QED) is 0.739. The van der Waals surface area contributed by atoms with E-state index in [4.69, 9.17) is 19.3 Å². The van der Waals surface area contributed by atoms with Crippen LogP contribution in [0, 0.1) is 13.8 Å². The topological polar surface area (TPSA) is 73.2 Å². The fraction of sp³-hybridized carbons (Fsp3) is 0.435. The van der Waals surface area contributed by atoms with Crippen molar-refractivity contribution in [2.45, 2.75) is 32.8 Å². The number of aliphatic hydroxyl groups is 1. The number of nitrogens with zero attached hydrogens (tertiary/aromatic N) is 2. The molecule has 1 fully saturated rings. The minimum absolute atomic E-state index is 0.000628. The number of fused-ring (bicyclic) bond motifs is 1. The summed E-state index contributed by atoms with van der Waals surface area (Å²) in [6.45, 7) is 5.96. The maximum atomic E-state index is 12.7. The summed E-state index contributed by atoms with van der Waals surface area (Å²) in [6, 6.07) is 7.97. The third-order valence-electron chi connectivity index (χ3n) is 5.62. The predicted octanol–water partition coefficient (Wildman–Crippen LogP) is 2.84. The first-order valence-corrected chi connectivity index (χ1v) is 10.3. The van der Waals surface area contributed by atoms with Gasteiger partial charge in [-0.2, -0.15) is 0 Å². The zero-order valence-electron chi connectivity index (χ0n) is 17.5. The summed E-state index contributed by atoms with van der Waals surface area (Å²) in [5, 5.41) is 8.93. The number of ether oxygens (including phenoxy) is 3. The van der Waals surface area contributed by atoms with Gasteiger partial charge in [0.25, 0.3) is 0 Å². The Morgan fingerprint density at radius 1 is 1.27 bits per heavy atom. The number of piperidine rings is 1. The molecule has 2 aliphatic heterocycles. The zero-order chi connectivity index (χ0) is 21.1. The van der Waals surface area contributed by atoms with Crippen molar-refractivity contribution in [2.75, 3.05) is 33.1 Å². The number of carbonyl (C=O) groups excluding carboxylic acids is 1. The lowest BCUT2D eigenvalue weighted by Crippen LogP contribution is -2.42. The second-order valence-electron chi connectivity index (χ2n) is 7.68. The molecule has 3 heterocycles. The highest BCUT2D eigenvalue weighted by Gasteiger charge is 2.23. The summed E-state index contributed by atoms with van der Waals surface area (Å²) >= 11 is 0. The van der Waals surface area contributed by atoms with E-state index in [0.29, 0.717) is 13.2 Å². The van der Waals surface area contributed by atoms with E-state index in [9.17, 15) is 4.79 Å². The van der Waals surface area contributed by atoms with Crippen LogP contribution < -0.4 is 9.47 Å². The second kappa shape index (κ2) is 8.93. The smallest absolute Gasteiger partial charge is 0.246 e. The Bertz CT molecular complexity index is 949. The summed E-state index contributed by atoms with van der Waals surface area (Å²) in [7, 11) is 0. The first kappa shape index (κ1) is 20.5. The van der Waals surface area contributed by atoms with Gasteiger partial charge in [-0.25, -0.2) is 0 Å². The van der Waals surface area contributed by atoms with Crippen molar-refractivity contribution in [2.24, 2.45) is 0 Å². The molecule has 1 aromatic heterocycles. The molecule has 0 aliphatic carbocycles. The Hall–Kier alpha value is -2.77. The van der Waals surface area contributed by atoms with Crippen LogP contribution in [0.15, 0.2) is 30.3 Å². The molecule has 7 heteroatoms. The summed E-state index contributed by atoms with van der Waals surface area (Å²) in [5.74, 6) is 1.49. The van der Waals surface area contributed by atoms with Crippen LogP contribution in [-0.2, 0) is 9.53 Å². The first-order chi connectivity index (χ1) is 14.6. The van der Waals surface area contributed by atoms with Gasteiger partial charge in [-0.05, 0) is 56.5 Å². The Labute approximate surface area is 176 Å². The van der Waals surface area contributed by atoms with Gasteiger partial charge in [0.1, 0.15) is 0 Å². The Morgan fingerprint density at radius 2 is 2.10 bits per heavy atom. The number of aliphatic hydroxyl groups excluding tert-OH is 1. The van der Waals surface area contributed by atoms with Crippen molar-refractivity contribution in [3.8, 4) is 17.2 Å². The molecule has 1 saturated heterocycles. The highest BCUT2D eigenvalue weighted by molar-refractivity contribution is 5.92. The molecule has 1 N–H and O–H groups in total. The van der Waals surface area contributed by atoms with Crippen molar-refractivity contribution in [3.63, 3.8) is 0 Å². The van der Waals surface area contributed by atoms with Crippen molar-refractivity contribution in [1.29, 1.82) is 0 Å². The van der Waals surface area contributed by atoms with E-state index >= 15 is 0 Å². The van der Waals surface area contributed by atoms with Crippen LogP contribution in [0.4, 0.5) is 0 Å². The number of benzene rings is 1. The Kier molecular flexibility index (Phi) is 6.11. The van der Waals surface area contributed by atoms with Gasteiger partial charge >= 0.3 is 0 Å². The molecule has 0 saturated carbocycles. The van der Waals surface area contributed by atoms with Crippen LogP contribution >= 0.6 is 0 Å². The van der Waals surface area contributed by atoms with Crippen LogP contribution in [0.25, 0.3) is 11.8 Å². The fourth-order valence-electron chi connectivity index (χ4n) is 4.14. The largest absolute Gasteiger partial charge is 0.454 e.